The number of carbonyl (C=O) groups excluding carboxylic acids is 1. The zero-order valence-electron chi connectivity index (χ0n) is 12.6. The monoisotopic (exact) mass is 298 g/mol. The molecule has 1 aliphatic heterocycles. The standard InChI is InChI=1S/C16H18N4O2/c1-18-9-5-6-13(15(18)21)16(22)19(2)12-10-20(11-12)14-7-3-4-8-17-14/h3-9,12H,10-11H2,1-2H3. The van der Waals surface area contributed by atoms with Gasteiger partial charge in [0.15, 0.2) is 0 Å². The number of hydrogen-bond acceptors (Lipinski definition) is 4. The first-order chi connectivity index (χ1) is 10.6. The van der Waals surface area contributed by atoms with E-state index in [4.69, 9.17) is 0 Å². The summed E-state index contributed by atoms with van der Waals surface area (Å²) < 4.78 is 1.42. The van der Waals surface area contributed by atoms with Crippen LogP contribution in [0.2, 0.25) is 0 Å². The predicted molar refractivity (Wildman–Crippen MR) is 84.0 cm³/mol. The van der Waals surface area contributed by atoms with Crippen molar-refractivity contribution in [3.8, 4) is 0 Å². The Hall–Kier alpha value is -2.63. The van der Waals surface area contributed by atoms with Crippen molar-refractivity contribution in [2.75, 3.05) is 25.0 Å². The number of aromatic nitrogens is 2. The summed E-state index contributed by atoms with van der Waals surface area (Å²) in [4.78, 5) is 32.5. The molecule has 0 N–H and O–H groups in total. The van der Waals surface area contributed by atoms with Crippen molar-refractivity contribution in [3.63, 3.8) is 0 Å². The average molecular weight is 298 g/mol. The molecule has 2 aromatic rings. The molecule has 2 aromatic heterocycles. The van der Waals surface area contributed by atoms with E-state index in [1.807, 2.05) is 18.2 Å². The first kappa shape index (κ1) is 14.3. The molecule has 1 aliphatic rings. The summed E-state index contributed by atoms with van der Waals surface area (Å²) in [5.41, 5.74) is -0.0518. The summed E-state index contributed by atoms with van der Waals surface area (Å²) in [5.74, 6) is 0.682. The van der Waals surface area contributed by atoms with E-state index in [1.54, 1.807) is 43.5 Å². The van der Waals surface area contributed by atoms with Crippen LogP contribution in [0.5, 0.6) is 0 Å². The highest BCUT2D eigenvalue weighted by atomic mass is 16.2. The van der Waals surface area contributed by atoms with Gasteiger partial charge in [0.25, 0.3) is 11.5 Å². The number of rotatable bonds is 3. The lowest BCUT2D eigenvalue weighted by atomic mass is 10.1. The normalized spacial score (nSPS) is 14.5. The maximum atomic E-state index is 12.5. The van der Waals surface area contributed by atoms with E-state index in [-0.39, 0.29) is 23.1 Å². The minimum atomic E-state index is -0.264. The molecule has 1 saturated heterocycles. The van der Waals surface area contributed by atoms with Crippen molar-refractivity contribution in [2.45, 2.75) is 6.04 Å². The van der Waals surface area contributed by atoms with Crippen molar-refractivity contribution in [1.82, 2.24) is 14.5 Å². The maximum absolute atomic E-state index is 12.5. The molecule has 114 valence electrons. The van der Waals surface area contributed by atoms with Crippen LogP contribution in [0.3, 0.4) is 0 Å². The van der Waals surface area contributed by atoms with E-state index in [2.05, 4.69) is 9.88 Å². The molecule has 0 spiro atoms. The van der Waals surface area contributed by atoms with Crippen LogP contribution in [-0.4, -0.2) is 46.5 Å². The van der Waals surface area contributed by atoms with Gasteiger partial charge in [-0.15, -0.1) is 0 Å². The van der Waals surface area contributed by atoms with E-state index in [1.165, 1.54) is 4.57 Å². The van der Waals surface area contributed by atoms with Gasteiger partial charge in [0.2, 0.25) is 0 Å². The Bertz CT molecular complexity index is 735. The van der Waals surface area contributed by atoms with E-state index in [0.29, 0.717) is 0 Å². The van der Waals surface area contributed by atoms with E-state index in [0.717, 1.165) is 18.9 Å². The van der Waals surface area contributed by atoms with E-state index >= 15 is 0 Å². The summed E-state index contributed by atoms with van der Waals surface area (Å²) in [5, 5.41) is 0. The fourth-order valence-corrected chi connectivity index (χ4v) is 2.54. The van der Waals surface area contributed by atoms with Crippen LogP contribution < -0.4 is 10.5 Å². The molecule has 22 heavy (non-hydrogen) atoms. The molecule has 3 heterocycles. The summed E-state index contributed by atoms with van der Waals surface area (Å²) in [7, 11) is 3.39. The first-order valence-electron chi connectivity index (χ1n) is 7.16. The minimum absolute atomic E-state index is 0.0967. The smallest absolute Gasteiger partial charge is 0.263 e. The lowest BCUT2D eigenvalue weighted by molar-refractivity contribution is 0.0702. The quantitative estimate of drug-likeness (QED) is 0.839. The second-order valence-corrected chi connectivity index (χ2v) is 5.50. The van der Waals surface area contributed by atoms with Gasteiger partial charge >= 0.3 is 0 Å². The van der Waals surface area contributed by atoms with Gasteiger partial charge in [-0.05, 0) is 24.3 Å². The lowest BCUT2D eigenvalue weighted by Gasteiger charge is -2.44. The minimum Gasteiger partial charge on any atom is -0.352 e. The van der Waals surface area contributed by atoms with Gasteiger partial charge < -0.3 is 14.4 Å². The largest absolute Gasteiger partial charge is 0.352 e. The SMILES string of the molecule is CN(C(=O)c1cccn(C)c1=O)C1CN(c2ccccn2)C1. The Morgan fingerprint density at radius 1 is 1.27 bits per heavy atom. The van der Waals surface area contributed by atoms with Gasteiger partial charge in [-0.3, -0.25) is 9.59 Å². The van der Waals surface area contributed by atoms with Crippen molar-refractivity contribution < 1.29 is 4.79 Å². The van der Waals surface area contributed by atoms with Gasteiger partial charge in [-0.2, -0.15) is 0 Å². The van der Waals surface area contributed by atoms with Crippen molar-refractivity contribution >= 4 is 11.7 Å². The Balaban J connectivity index is 1.68. The molecule has 0 aromatic carbocycles. The Labute approximate surface area is 128 Å². The van der Waals surface area contributed by atoms with Crippen molar-refractivity contribution in [3.05, 3.63) is 58.6 Å². The number of aryl methyl sites for hydroxylation is 1. The number of nitrogens with zero attached hydrogens (tertiary/aromatic N) is 4. The fraction of sp³-hybridized carbons (Fsp3) is 0.312. The highest BCUT2D eigenvalue weighted by Gasteiger charge is 2.34. The Morgan fingerprint density at radius 3 is 2.73 bits per heavy atom. The molecular formula is C16H18N4O2. The maximum Gasteiger partial charge on any atom is 0.263 e. The molecule has 0 atom stereocenters. The van der Waals surface area contributed by atoms with E-state index < -0.39 is 0 Å². The third-order valence-corrected chi connectivity index (χ3v) is 4.06. The van der Waals surface area contributed by atoms with Gasteiger partial charge in [-0.25, -0.2) is 4.98 Å². The Kier molecular flexibility index (Phi) is 3.66. The zero-order chi connectivity index (χ0) is 15.7. The summed E-state index contributed by atoms with van der Waals surface area (Å²) in [6, 6.07) is 9.16. The van der Waals surface area contributed by atoms with Crippen LogP contribution >= 0.6 is 0 Å². The highest BCUT2D eigenvalue weighted by molar-refractivity contribution is 5.94. The van der Waals surface area contributed by atoms with Gasteiger partial charge in [0.1, 0.15) is 11.4 Å². The molecular weight excluding hydrogens is 280 g/mol. The lowest BCUT2D eigenvalue weighted by Crippen LogP contribution is -2.60. The number of amides is 1. The molecule has 0 radical (unpaired) electrons. The molecule has 0 bridgehead atoms. The number of anilines is 1. The van der Waals surface area contributed by atoms with Gasteiger partial charge in [0, 0.05) is 39.6 Å². The number of pyridine rings is 2. The molecule has 3 rings (SSSR count). The van der Waals surface area contributed by atoms with Gasteiger partial charge in [0.05, 0.1) is 6.04 Å². The molecule has 0 unspecified atom stereocenters. The zero-order valence-corrected chi connectivity index (χ0v) is 12.6. The van der Waals surface area contributed by atoms with Crippen LogP contribution in [0.15, 0.2) is 47.5 Å². The van der Waals surface area contributed by atoms with Crippen molar-refractivity contribution in [2.24, 2.45) is 7.05 Å². The fourth-order valence-electron chi connectivity index (χ4n) is 2.54. The number of carbonyl (C=O) groups is 1. The van der Waals surface area contributed by atoms with Crippen LogP contribution in [0.1, 0.15) is 10.4 Å². The van der Waals surface area contributed by atoms with E-state index in [9.17, 15) is 9.59 Å². The van der Waals surface area contributed by atoms with Crippen LogP contribution in [0, 0.1) is 0 Å². The number of hydrogen-bond donors (Lipinski definition) is 0. The Morgan fingerprint density at radius 2 is 2.05 bits per heavy atom. The third-order valence-electron chi connectivity index (χ3n) is 4.06. The van der Waals surface area contributed by atoms with Crippen LogP contribution in [0.25, 0.3) is 0 Å². The topological polar surface area (TPSA) is 58.4 Å². The molecule has 0 aliphatic carbocycles. The van der Waals surface area contributed by atoms with Crippen molar-refractivity contribution in [1.29, 1.82) is 0 Å². The summed E-state index contributed by atoms with van der Waals surface area (Å²) in [6.07, 6.45) is 3.40. The van der Waals surface area contributed by atoms with Crippen LogP contribution in [-0.2, 0) is 7.05 Å². The number of likely N-dealkylation sites (N-methyl/N-ethyl adjacent to an activating group) is 1. The molecule has 1 amide bonds. The molecule has 6 heteroatoms. The summed E-state index contributed by atoms with van der Waals surface area (Å²) >= 11 is 0. The second kappa shape index (κ2) is 5.63. The predicted octanol–water partition coefficient (Wildman–Crippen LogP) is 0.741. The summed E-state index contributed by atoms with van der Waals surface area (Å²) in [6.45, 7) is 1.46. The first-order valence-corrected chi connectivity index (χ1v) is 7.16. The third kappa shape index (κ3) is 2.47. The van der Waals surface area contributed by atoms with Crippen LogP contribution in [0.4, 0.5) is 5.82 Å². The second-order valence-electron chi connectivity index (χ2n) is 5.50. The average Bonchev–Trinajstić information content (AvgIpc) is 2.49. The molecule has 6 nitrogen and oxygen atoms in total. The highest BCUT2D eigenvalue weighted by Crippen LogP contribution is 2.21. The molecule has 1 fully saturated rings. The van der Waals surface area contributed by atoms with Gasteiger partial charge in [-0.1, -0.05) is 6.07 Å². The molecule has 0 saturated carbocycles.